The van der Waals surface area contributed by atoms with Gasteiger partial charge in [0.15, 0.2) is 5.58 Å². The van der Waals surface area contributed by atoms with Gasteiger partial charge in [0, 0.05) is 11.3 Å². The van der Waals surface area contributed by atoms with Gasteiger partial charge in [-0.25, -0.2) is 0 Å². The number of hydrogen-bond acceptors (Lipinski definition) is 4. The number of allylic oxidation sites excluding steroid dienone is 1. The SMILES string of the molecule is C=CCc1cc(N)ccc1Oc1nc2ccccc2o1. The van der Waals surface area contributed by atoms with Gasteiger partial charge in [-0.05, 0) is 36.8 Å². The van der Waals surface area contributed by atoms with Crippen molar-refractivity contribution in [2.75, 3.05) is 5.73 Å². The van der Waals surface area contributed by atoms with Gasteiger partial charge in [-0.15, -0.1) is 6.58 Å². The molecule has 2 aromatic carbocycles. The van der Waals surface area contributed by atoms with Crippen LogP contribution in [0.5, 0.6) is 11.8 Å². The molecule has 0 saturated heterocycles. The number of benzene rings is 2. The third-order valence-corrected chi connectivity index (χ3v) is 2.92. The lowest BCUT2D eigenvalue weighted by atomic mass is 10.1. The van der Waals surface area contributed by atoms with Gasteiger partial charge < -0.3 is 14.9 Å². The Hall–Kier alpha value is -2.75. The van der Waals surface area contributed by atoms with E-state index in [-0.39, 0.29) is 6.08 Å². The molecule has 0 bridgehead atoms. The normalized spacial score (nSPS) is 10.6. The van der Waals surface area contributed by atoms with Crippen LogP contribution in [0.2, 0.25) is 0 Å². The van der Waals surface area contributed by atoms with Crippen LogP contribution in [0.1, 0.15) is 5.56 Å². The highest BCUT2D eigenvalue weighted by molar-refractivity contribution is 5.72. The molecular weight excluding hydrogens is 252 g/mol. The van der Waals surface area contributed by atoms with Crippen molar-refractivity contribution in [1.29, 1.82) is 0 Å². The average molecular weight is 266 g/mol. The number of nitrogens with zero attached hydrogens (tertiary/aromatic N) is 1. The van der Waals surface area contributed by atoms with E-state index in [2.05, 4.69) is 11.6 Å². The smallest absolute Gasteiger partial charge is 0.400 e. The number of anilines is 1. The molecule has 0 unspecified atom stereocenters. The maximum atomic E-state index is 5.78. The van der Waals surface area contributed by atoms with E-state index in [0.29, 0.717) is 23.4 Å². The van der Waals surface area contributed by atoms with E-state index < -0.39 is 0 Å². The van der Waals surface area contributed by atoms with E-state index >= 15 is 0 Å². The largest absolute Gasteiger partial charge is 0.411 e. The topological polar surface area (TPSA) is 61.3 Å². The van der Waals surface area contributed by atoms with E-state index in [4.69, 9.17) is 14.9 Å². The van der Waals surface area contributed by atoms with Crippen LogP contribution in [0.3, 0.4) is 0 Å². The minimum absolute atomic E-state index is 0.223. The van der Waals surface area contributed by atoms with Gasteiger partial charge in [-0.2, -0.15) is 4.98 Å². The molecule has 0 aliphatic heterocycles. The van der Waals surface area contributed by atoms with Crippen molar-refractivity contribution in [2.24, 2.45) is 0 Å². The minimum Gasteiger partial charge on any atom is -0.411 e. The van der Waals surface area contributed by atoms with Crippen molar-refractivity contribution in [1.82, 2.24) is 4.98 Å². The summed E-state index contributed by atoms with van der Waals surface area (Å²) in [6, 6.07) is 13.0. The van der Waals surface area contributed by atoms with E-state index in [1.807, 2.05) is 36.4 Å². The molecule has 0 fully saturated rings. The van der Waals surface area contributed by atoms with Crippen molar-refractivity contribution in [2.45, 2.75) is 6.42 Å². The van der Waals surface area contributed by atoms with Crippen molar-refractivity contribution in [3.63, 3.8) is 0 Å². The van der Waals surface area contributed by atoms with E-state index in [1.54, 1.807) is 12.1 Å². The van der Waals surface area contributed by atoms with Crippen LogP contribution in [-0.4, -0.2) is 4.98 Å². The number of aromatic nitrogens is 1. The second kappa shape index (κ2) is 5.09. The fourth-order valence-corrected chi connectivity index (χ4v) is 2.00. The fourth-order valence-electron chi connectivity index (χ4n) is 2.00. The standard InChI is InChI=1S/C16H14N2O2/c1-2-5-11-10-12(17)8-9-14(11)19-16-18-13-6-3-4-7-15(13)20-16/h2-4,6-10H,1,5,17H2. The summed E-state index contributed by atoms with van der Waals surface area (Å²) in [5, 5.41) is 0. The van der Waals surface area contributed by atoms with Crippen LogP contribution in [0.25, 0.3) is 11.1 Å². The molecule has 0 atom stereocenters. The van der Waals surface area contributed by atoms with Crippen LogP contribution < -0.4 is 10.5 Å². The molecule has 100 valence electrons. The first-order valence-corrected chi connectivity index (χ1v) is 6.29. The number of oxazole rings is 1. The number of ether oxygens (including phenoxy) is 1. The van der Waals surface area contributed by atoms with Crippen LogP contribution >= 0.6 is 0 Å². The Balaban J connectivity index is 1.95. The van der Waals surface area contributed by atoms with Gasteiger partial charge in [0.2, 0.25) is 0 Å². The Morgan fingerprint density at radius 3 is 2.90 bits per heavy atom. The number of fused-ring (bicyclic) bond motifs is 1. The first-order valence-electron chi connectivity index (χ1n) is 6.29. The second-order valence-corrected chi connectivity index (χ2v) is 4.41. The molecule has 0 radical (unpaired) electrons. The summed E-state index contributed by atoms with van der Waals surface area (Å²) in [5.41, 5.74) is 8.88. The number of hydrogen-bond donors (Lipinski definition) is 1. The summed E-state index contributed by atoms with van der Waals surface area (Å²) in [7, 11) is 0. The zero-order valence-corrected chi connectivity index (χ0v) is 10.9. The Bertz CT molecular complexity index is 729. The van der Waals surface area contributed by atoms with Crippen LogP contribution in [0.15, 0.2) is 59.5 Å². The van der Waals surface area contributed by atoms with E-state index in [0.717, 1.165) is 11.1 Å². The third kappa shape index (κ3) is 2.36. The summed E-state index contributed by atoms with van der Waals surface area (Å²) in [5.74, 6) is 0.672. The number of nitrogens with two attached hydrogens (primary N) is 1. The van der Waals surface area contributed by atoms with Gasteiger partial charge in [0.25, 0.3) is 0 Å². The Morgan fingerprint density at radius 1 is 1.25 bits per heavy atom. The molecule has 3 aromatic rings. The summed E-state index contributed by atoms with van der Waals surface area (Å²) in [4.78, 5) is 4.29. The predicted octanol–water partition coefficient (Wildman–Crippen LogP) is 3.93. The zero-order valence-electron chi connectivity index (χ0n) is 10.9. The summed E-state index contributed by atoms with van der Waals surface area (Å²) in [6.07, 6.45) is 2.69. The fraction of sp³-hybridized carbons (Fsp3) is 0.0625. The first-order chi connectivity index (χ1) is 9.76. The zero-order chi connectivity index (χ0) is 13.9. The van der Waals surface area contributed by atoms with E-state index in [9.17, 15) is 0 Å². The molecule has 4 heteroatoms. The lowest BCUT2D eigenvalue weighted by molar-refractivity contribution is 0.341. The number of rotatable bonds is 4. The third-order valence-electron chi connectivity index (χ3n) is 2.92. The molecule has 1 aromatic heterocycles. The molecule has 20 heavy (non-hydrogen) atoms. The Kier molecular flexibility index (Phi) is 3.13. The minimum atomic E-state index is 0.223. The van der Waals surface area contributed by atoms with Gasteiger partial charge in [-0.3, -0.25) is 0 Å². The molecule has 4 nitrogen and oxygen atoms in total. The summed E-state index contributed by atoms with van der Waals surface area (Å²) >= 11 is 0. The molecule has 3 rings (SSSR count). The molecular formula is C16H14N2O2. The monoisotopic (exact) mass is 266 g/mol. The molecule has 0 saturated carbocycles. The molecule has 0 aliphatic rings. The Labute approximate surface area is 116 Å². The highest BCUT2D eigenvalue weighted by Crippen LogP contribution is 2.29. The summed E-state index contributed by atoms with van der Waals surface area (Å²) in [6.45, 7) is 3.73. The van der Waals surface area contributed by atoms with Gasteiger partial charge in [-0.1, -0.05) is 18.2 Å². The lowest BCUT2D eigenvalue weighted by Crippen LogP contribution is -1.93. The lowest BCUT2D eigenvalue weighted by Gasteiger charge is -2.07. The van der Waals surface area contributed by atoms with Crippen molar-refractivity contribution in [3.05, 3.63) is 60.7 Å². The quantitative estimate of drug-likeness (QED) is 0.574. The van der Waals surface area contributed by atoms with Crippen LogP contribution in [0, 0.1) is 0 Å². The first kappa shape index (κ1) is 12.3. The van der Waals surface area contributed by atoms with E-state index in [1.165, 1.54) is 0 Å². The number of para-hydroxylation sites is 2. The maximum absolute atomic E-state index is 5.78. The van der Waals surface area contributed by atoms with Crippen LogP contribution in [-0.2, 0) is 6.42 Å². The van der Waals surface area contributed by atoms with Gasteiger partial charge >= 0.3 is 6.08 Å². The molecule has 0 amide bonds. The molecule has 0 aliphatic carbocycles. The van der Waals surface area contributed by atoms with Crippen molar-refractivity contribution < 1.29 is 9.15 Å². The molecule has 1 heterocycles. The molecule has 2 N–H and O–H groups in total. The second-order valence-electron chi connectivity index (χ2n) is 4.41. The van der Waals surface area contributed by atoms with Gasteiger partial charge in [0.05, 0.1) is 0 Å². The van der Waals surface area contributed by atoms with Crippen molar-refractivity contribution >= 4 is 16.8 Å². The van der Waals surface area contributed by atoms with Crippen molar-refractivity contribution in [3.8, 4) is 11.8 Å². The number of nitrogen functional groups attached to an aromatic ring is 1. The van der Waals surface area contributed by atoms with Crippen LogP contribution in [0.4, 0.5) is 5.69 Å². The van der Waals surface area contributed by atoms with Gasteiger partial charge in [0.1, 0.15) is 11.3 Å². The molecule has 0 spiro atoms. The Morgan fingerprint density at radius 2 is 2.10 bits per heavy atom. The summed E-state index contributed by atoms with van der Waals surface area (Å²) < 4.78 is 11.3. The highest BCUT2D eigenvalue weighted by atomic mass is 16.6. The maximum Gasteiger partial charge on any atom is 0.400 e. The average Bonchev–Trinajstić information content (AvgIpc) is 2.84. The predicted molar refractivity (Wildman–Crippen MR) is 78.8 cm³/mol. The highest BCUT2D eigenvalue weighted by Gasteiger charge is 2.10.